The van der Waals surface area contributed by atoms with Crippen molar-refractivity contribution in [3.63, 3.8) is 0 Å². The fraction of sp³-hybridized carbons (Fsp3) is 0. The number of rotatable bonds is 2. The standard InChI is InChI=1S/C11H6ClN3O/c12-11-9(2-1-5-14-11)16-10-4-3-8(6-13)7-15-10/h1-5,7H. The van der Waals surface area contributed by atoms with E-state index in [0.717, 1.165) is 0 Å². The number of aromatic nitrogens is 2. The molecule has 2 heterocycles. The lowest BCUT2D eigenvalue weighted by Crippen LogP contribution is -1.89. The molecule has 78 valence electrons. The van der Waals surface area contributed by atoms with Crippen LogP contribution in [0.2, 0.25) is 5.15 Å². The summed E-state index contributed by atoms with van der Waals surface area (Å²) in [7, 11) is 0. The molecular weight excluding hydrogens is 226 g/mol. The van der Waals surface area contributed by atoms with Crippen molar-refractivity contribution >= 4 is 11.6 Å². The van der Waals surface area contributed by atoms with E-state index in [4.69, 9.17) is 21.6 Å². The van der Waals surface area contributed by atoms with Crippen LogP contribution in [0.15, 0.2) is 36.7 Å². The van der Waals surface area contributed by atoms with Crippen molar-refractivity contribution in [3.8, 4) is 17.7 Å². The van der Waals surface area contributed by atoms with Gasteiger partial charge in [-0.3, -0.25) is 0 Å². The summed E-state index contributed by atoms with van der Waals surface area (Å²) >= 11 is 5.82. The molecular formula is C11H6ClN3O. The molecule has 0 aliphatic rings. The predicted octanol–water partition coefficient (Wildman–Crippen LogP) is 2.79. The average molecular weight is 232 g/mol. The van der Waals surface area contributed by atoms with Gasteiger partial charge in [-0.15, -0.1) is 0 Å². The number of nitriles is 1. The molecule has 0 saturated heterocycles. The molecule has 0 amide bonds. The number of pyridine rings is 2. The van der Waals surface area contributed by atoms with Crippen LogP contribution < -0.4 is 4.74 Å². The summed E-state index contributed by atoms with van der Waals surface area (Å²) in [4.78, 5) is 7.82. The minimum absolute atomic E-state index is 0.272. The Morgan fingerprint density at radius 1 is 1.25 bits per heavy atom. The largest absolute Gasteiger partial charge is 0.436 e. The molecule has 2 rings (SSSR count). The van der Waals surface area contributed by atoms with Gasteiger partial charge in [0.1, 0.15) is 6.07 Å². The van der Waals surface area contributed by atoms with Gasteiger partial charge < -0.3 is 4.74 Å². The Labute approximate surface area is 97.1 Å². The van der Waals surface area contributed by atoms with Crippen LogP contribution in [0.4, 0.5) is 0 Å². The van der Waals surface area contributed by atoms with E-state index in [2.05, 4.69) is 9.97 Å². The highest BCUT2D eigenvalue weighted by Gasteiger charge is 2.03. The van der Waals surface area contributed by atoms with Gasteiger partial charge >= 0.3 is 0 Å². The maximum absolute atomic E-state index is 8.60. The second-order valence-corrected chi connectivity index (χ2v) is 3.25. The Bertz CT molecular complexity index is 534. The molecule has 0 unspecified atom stereocenters. The summed E-state index contributed by atoms with van der Waals surface area (Å²) in [6.07, 6.45) is 3.00. The van der Waals surface area contributed by atoms with Crippen molar-refractivity contribution in [1.82, 2.24) is 9.97 Å². The predicted molar refractivity (Wildman–Crippen MR) is 58.3 cm³/mol. The monoisotopic (exact) mass is 231 g/mol. The molecule has 0 atom stereocenters. The molecule has 0 bridgehead atoms. The molecule has 2 aromatic rings. The van der Waals surface area contributed by atoms with Gasteiger partial charge in [-0.2, -0.15) is 5.26 Å². The number of nitrogens with zero attached hydrogens (tertiary/aromatic N) is 3. The van der Waals surface area contributed by atoms with Gasteiger partial charge in [-0.1, -0.05) is 11.6 Å². The van der Waals surface area contributed by atoms with Crippen LogP contribution in [0, 0.1) is 11.3 Å². The first-order valence-electron chi connectivity index (χ1n) is 4.44. The second-order valence-electron chi connectivity index (χ2n) is 2.89. The lowest BCUT2D eigenvalue weighted by atomic mass is 10.3. The van der Waals surface area contributed by atoms with Crippen LogP contribution in [0.1, 0.15) is 5.56 Å². The summed E-state index contributed by atoms with van der Waals surface area (Å²) in [5.41, 5.74) is 0.477. The number of halogens is 1. The van der Waals surface area contributed by atoms with Crippen molar-refractivity contribution in [2.75, 3.05) is 0 Å². The molecule has 0 saturated carbocycles. The highest BCUT2D eigenvalue weighted by Crippen LogP contribution is 2.25. The lowest BCUT2D eigenvalue weighted by molar-refractivity contribution is 0.461. The van der Waals surface area contributed by atoms with Crippen molar-refractivity contribution in [2.24, 2.45) is 0 Å². The van der Waals surface area contributed by atoms with Crippen molar-refractivity contribution in [3.05, 3.63) is 47.4 Å². The minimum atomic E-state index is 0.272. The van der Waals surface area contributed by atoms with Crippen molar-refractivity contribution in [2.45, 2.75) is 0 Å². The van der Waals surface area contributed by atoms with Crippen LogP contribution in [-0.2, 0) is 0 Å². The van der Waals surface area contributed by atoms with Crippen molar-refractivity contribution < 1.29 is 4.74 Å². The van der Waals surface area contributed by atoms with Gasteiger partial charge in [-0.25, -0.2) is 9.97 Å². The van der Waals surface area contributed by atoms with Gasteiger partial charge in [0.15, 0.2) is 10.9 Å². The van der Waals surface area contributed by atoms with E-state index in [1.165, 1.54) is 6.20 Å². The molecule has 0 aliphatic heterocycles. The zero-order chi connectivity index (χ0) is 11.4. The lowest BCUT2D eigenvalue weighted by Gasteiger charge is -2.04. The van der Waals surface area contributed by atoms with E-state index in [9.17, 15) is 0 Å². The van der Waals surface area contributed by atoms with E-state index in [0.29, 0.717) is 17.2 Å². The molecule has 4 nitrogen and oxygen atoms in total. The third kappa shape index (κ3) is 2.27. The van der Waals surface area contributed by atoms with E-state index in [1.807, 2.05) is 6.07 Å². The number of ether oxygens (including phenoxy) is 1. The highest BCUT2D eigenvalue weighted by atomic mass is 35.5. The normalized spacial score (nSPS) is 9.50. The third-order valence-corrected chi connectivity index (χ3v) is 2.09. The summed E-state index contributed by atoms with van der Waals surface area (Å²) in [6.45, 7) is 0. The van der Waals surface area contributed by atoms with Crippen LogP contribution in [0.5, 0.6) is 11.6 Å². The molecule has 0 N–H and O–H groups in total. The Hall–Kier alpha value is -2.12. The fourth-order valence-electron chi connectivity index (χ4n) is 1.07. The zero-order valence-electron chi connectivity index (χ0n) is 8.09. The van der Waals surface area contributed by atoms with E-state index >= 15 is 0 Å². The third-order valence-electron chi connectivity index (χ3n) is 1.80. The van der Waals surface area contributed by atoms with Gasteiger partial charge in [-0.05, 0) is 18.2 Å². The van der Waals surface area contributed by atoms with Crippen molar-refractivity contribution in [1.29, 1.82) is 5.26 Å². The molecule has 0 radical (unpaired) electrons. The minimum Gasteiger partial charge on any atom is -0.436 e. The summed E-state index contributed by atoms with van der Waals surface area (Å²) in [5.74, 6) is 0.801. The average Bonchev–Trinajstić information content (AvgIpc) is 2.33. The van der Waals surface area contributed by atoms with Gasteiger partial charge in [0.2, 0.25) is 5.88 Å². The summed E-state index contributed by atoms with van der Waals surface area (Å²) < 4.78 is 5.39. The van der Waals surface area contributed by atoms with E-state index in [-0.39, 0.29) is 5.15 Å². The first-order chi connectivity index (χ1) is 7.79. The van der Waals surface area contributed by atoms with Crippen LogP contribution >= 0.6 is 11.6 Å². The SMILES string of the molecule is N#Cc1ccc(Oc2cccnc2Cl)nc1. The van der Waals surface area contributed by atoms with Crippen LogP contribution in [0.3, 0.4) is 0 Å². The highest BCUT2D eigenvalue weighted by molar-refractivity contribution is 6.30. The number of hydrogen-bond donors (Lipinski definition) is 0. The maximum atomic E-state index is 8.60. The van der Waals surface area contributed by atoms with Gasteiger partial charge in [0, 0.05) is 18.5 Å². The molecule has 0 fully saturated rings. The first kappa shape index (κ1) is 10.4. The fourth-order valence-corrected chi connectivity index (χ4v) is 1.22. The molecule has 0 spiro atoms. The summed E-state index contributed by atoms with van der Waals surface area (Å²) in [6, 6.07) is 8.59. The van der Waals surface area contributed by atoms with Crippen LogP contribution in [0.25, 0.3) is 0 Å². The first-order valence-corrected chi connectivity index (χ1v) is 4.82. The summed E-state index contributed by atoms with van der Waals surface area (Å²) in [5, 5.41) is 8.87. The molecule has 0 aliphatic carbocycles. The Morgan fingerprint density at radius 3 is 2.75 bits per heavy atom. The topological polar surface area (TPSA) is 58.8 Å². The van der Waals surface area contributed by atoms with Gasteiger partial charge in [0.25, 0.3) is 0 Å². The quantitative estimate of drug-likeness (QED) is 0.746. The van der Waals surface area contributed by atoms with Gasteiger partial charge in [0.05, 0.1) is 5.56 Å². The zero-order valence-corrected chi connectivity index (χ0v) is 8.85. The molecule has 16 heavy (non-hydrogen) atoms. The smallest absolute Gasteiger partial charge is 0.219 e. The molecule has 2 aromatic heterocycles. The van der Waals surface area contributed by atoms with E-state index in [1.54, 1.807) is 30.5 Å². The Kier molecular flexibility index (Phi) is 2.99. The van der Waals surface area contributed by atoms with Crippen LogP contribution in [-0.4, -0.2) is 9.97 Å². The Balaban J connectivity index is 2.22. The van der Waals surface area contributed by atoms with E-state index < -0.39 is 0 Å². The molecule has 5 heteroatoms. The number of hydrogen-bond acceptors (Lipinski definition) is 4. The Morgan fingerprint density at radius 2 is 2.12 bits per heavy atom. The second kappa shape index (κ2) is 4.60. The molecule has 0 aromatic carbocycles. The maximum Gasteiger partial charge on any atom is 0.219 e.